The number of nitrogens with zero attached hydrogens (tertiary/aromatic N) is 2. The average molecular weight is 158 g/mol. The highest BCUT2D eigenvalue weighted by atomic mass is 32.1. The molecule has 1 heterocycles. The van der Waals surface area contributed by atoms with Crippen molar-refractivity contribution in [2.45, 2.75) is 19.3 Å². The van der Waals surface area contributed by atoms with E-state index in [0.29, 0.717) is 0 Å². The molecule has 1 rings (SSSR count). The van der Waals surface area contributed by atoms with Crippen LogP contribution in [0.5, 0.6) is 0 Å². The topological polar surface area (TPSA) is 46.0 Å². The fraction of sp³-hybridized carbons (Fsp3) is 0.667. The second-order valence-electron chi connectivity index (χ2n) is 2.01. The highest BCUT2D eigenvalue weighted by Crippen LogP contribution is 2.05. The van der Waals surface area contributed by atoms with E-state index < -0.39 is 0 Å². The lowest BCUT2D eigenvalue weighted by Gasteiger charge is -1.91. The molecular weight excluding hydrogens is 148 g/mol. The SMILES string of the molecule is OCCCCc1nncs1. The van der Waals surface area contributed by atoms with Crippen molar-refractivity contribution in [3.8, 4) is 0 Å². The summed E-state index contributed by atoms with van der Waals surface area (Å²) in [5.41, 5.74) is 1.73. The van der Waals surface area contributed by atoms with Crippen LogP contribution in [0.3, 0.4) is 0 Å². The third-order valence-corrected chi connectivity index (χ3v) is 1.96. The average Bonchev–Trinajstić information content (AvgIpc) is 2.41. The number of aromatic nitrogens is 2. The van der Waals surface area contributed by atoms with Crippen LogP contribution >= 0.6 is 11.3 Å². The van der Waals surface area contributed by atoms with Crippen molar-refractivity contribution in [1.29, 1.82) is 0 Å². The number of rotatable bonds is 4. The Hall–Kier alpha value is -0.480. The molecule has 4 heteroatoms. The zero-order valence-electron chi connectivity index (χ0n) is 5.66. The van der Waals surface area contributed by atoms with Crippen LogP contribution in [-0.4, -0.2) is 21.9 Å². The summed E-state index contributed by atoms with van der Waals surface area (Å²) in [5.74, 6) is 0. The molecule has 56 valence electrons. The molecule has 0 unspecified atom stereocenters. The van der Waals surface area contributed by atoms with E-state index in [-0.39, 0.29) is 6.61 Å². The molecule has 10 heavy (non-hydrogen) atoms. The van der Waals surface area contributed by atoms with Gasteiger partial charge in [0, 0.05) is 13.0 Å². The summed E-state index contributed by atoms with van der Waals surface area (Å²) in [6.07, 6.45) is 2.82. The van der Waals surface area contributed by atoms with Crippen molar-refractivity contribution in [3.05, 3.63) is 10.5 Å². The number of aliphatic hydroxyl groups is 1. The van der Waals surface area contributed by atoms with Crippen molar-refractivity contribution in [3.63, 3.8) is 0 Å². The van der Waals surface area contributed by atoms with Gasteiger partial charge in [-0.25, -0.2) is 0 Å². The predicted molar refractivity (Wildman–Crippen MR) is 39.9 cm³/mol. The van der Waals surface area contributed by atoms with Gasteiger partial charge < -0.3 is 5.11 Å². The second kappa shape index (κ2) is 4.35. The van der Waals surface area contributed by atoms with Crippen molar-refractivity contribution in [1.82, 2.24) is 10.2 Å². The first-order valence-electron chi connectivity index (χ1n) is 3.29. The maximum Gasteiger partial charge on any atom is 0.117 e. The van der Waals surface area contributed by atoms with Crippen LogP contribution in [0.1, 0.15) is 17.8 Å². The minimum atomic E-state index is 0.277. The van der Waals surface area contributed by atoms with Crippen LogP contribution in [0.2, 0.25) is 0 Å². The van der Waals surface area contributed by atoms with Gasteiger partial charge in [0.25, 0.3) is 0 Å². The summed E-state index contributed by atoms with van der Waals surface area (Å²) in [6, 6.07) is 0. The molecule has 0 aliphatic rings. The van der Waals surface area contributed by atoms with E-state index >= 15 is 0 Å². The molecule has 1 aromatic heterocycles. The zero-order chi connectivity index (χ0) is 7.23. The van der Waals surface area contributed by atoms with E-state index in [0.717, 1.165) is 24.3 Å². The molecule has 0 fully saturated rings. The summed E-state index contributed by atoms with van der Waals surface area (Å²) >= 11 is 1.57. The molecule has 0 aliphatic carbocycles. The van der Waals surface area contributed by atoms with E-state index in [1.807, 2.05) is 0 Å². The summed E-state index contributed by atoms with van der Waals surface area (Å²) in [6.45, 7) is 0.277. The number of aliphatic hydroxyl groups excluding tert-OH is 1. The maximum absolute atomic E-state index is 8.46. The van der Waals surface area contributed by atoms with Gasteiger partial charge in [0.15, 0.2) is 0 Å². The van der Waals surface area contributed by atoms with Gasteiger partial charge in [-0.1, -0.05) is 0 Å². The number of unbranched alkanes of at least 4 members (excludes halogenated alkanes) is 1. The molecule has 0 saturated heterocycles. The van der Waals surface area contributed by atoms with Gasteiger partial charge >= 0.3 is 0 Å². The fourth-order valence-electron chi connectivity index (χ4n) is 0.693. The Balaban J connectivity index is 2.15. The zero-order valence-corrected chi connectivity index (χ0v) is 6.47. The Kier molecular flexibility index (Phi) is 3.32. The standard InChI is InChI=1S/C6H10N2OS/c9-4-2-1-3-6-8-7-5-10-6/h5,9H,1-4H2. The van der Waals surface area contributed by atoms with Gasteiger partial charge in [-0.3, -0.25) is 0 Å². The van der Waals surface area contributed by atoms with Crippen LogP contribution < -0.4 is 0 Å². The molecule has 0 atom stereocenters. The minimum absolute atomic E-state index is 0.277. The summed E-state index contributed by atoms with van der Waals surface area (Å²) in [5, 5.41) is 17.1. The molecular formula is C6H10N2OS. The van der Waals surface area contributed by atoms with Crippen molar-refractivity contribution in [2.75, 3.05) is 6.61 Å². The van der Waals surface area contributed by atoms with Gasteiger partial charge in [0.1, 0.15) is 10.5 Å². The Labute approximate surface area is 63.7 Å². The second-order valence-corrected chi connectivity index (χ2v) is 2.93. The third-order valence-electron chi connectivity index (χ3n) is 1.20. The van der Waals surface area contributed by atoms with E-state index in [1.54, 1.807) is 16.8 Å². The minimum Gasteiger partial charge on any atom is -0.396 e. The number of aryl methyl sites for hydroxylation is 1. The Bertz CT molecular complexity index is 164. The van der Waals surface area contributed by atoms with Gasteiger partial charge in [-0.15, -0.1) is 21.5 Å². The first kappa shape index (κ1) is 7.63. The van der Waals surface area contributed by atoms with Gasteiger partial charge in [0.05, 0.1) is 0 Å². The Morgan fingerprint density at radius 1 is 1.50 bits per heavy atom. The van der Waals surface area contributed by atoms with E-state index in [9.17, 15) is 0 Å². The van der Waals surface area contributed by atoms with Gasteiger partial charge in [-0.2, -0.15) is 0 Å². The van der Waals surface area contributed by atoms with Crippen LogP contribution in [0.25, 0.3) is 0 Å². The molecule has 0 spiro atoms. The summed E-state index contributed by atoms with van der Waals surface area (Å²) in [7, 11) is 0. The van der Waals surface area contributed by atoms with Crippen molar-refractivity contribution >= 4 is 11.3 Å². The van der Waals surface area contributed by atoms with E-state index in [4.69, 9.17) is 5.11 Å². The number of hydrogen-bond acceptors (Lipinski definition) is 4. The number of hydrogen-bond donors (Lipinski definition) is 1. The Morgan fingerprint density at radius 2 is 2.40 bits per heavy atom. The summed E-state index contributed by atoms with van der Waals surface area (Å²) in [4.78, 5) is 0. The first-order chi connectivity index (χ1) is 4.93. The largest absolute Gasteiger partial charge is 0.396 e. The smallest absolute Gasteiger partial charge is 0.117 e. The molecule has 1 aromatic rings. The molecule has 0 amide bonds. The monoisotopic (exact) mass is 158 g/mol. The quantitative estimate of drug-likeness (QED) is 0.661. The van der Waals surface area contributed by atoms with E-state index in [1.165, 1.54) is 0 Å². The third kappa shape index (κ3) is 2.41. The maximum atomic E-state index is 8.46. The van der Waals surface area contributed by atoms with Crippen LogP contribution in [-0.2, 0) is 6.42 Å². The summed E-state index contributed by atoms with van der Waals surface area (Å²) < 4.78 is 0. The first-order valence-corrected chi connectivity index (χ1v) is 4.17. The normalized spacial score (nSPS) is 10.1. The molecule has 0 radical (unpaired) electrons. The molecule has 0 saturated carbocycles. The highest BCUT2D eigenvalue weighted by Gasteiger charge is 1.94. The lowest BCUT2D eigenvalue weighted by molar-refractivity contribution is 0.284. The highest BCUT2D eigenvalue weighted by molar-refractivity contribution is 7.09. The fourth-order valence-corrected chi connectivity index (χ4v) is 1.27. The van der Waals surface area contributed by atoms with Crippen LogP contribution in [0, 0.1) is 0 Å². The molecule has 1 N–H and O–H groups in total. The molecule has 0 aliphatic heterocycles. The van der Waals surface area contributed by atoms with E-state index in [2.05, 4.69) is 10.2 Å². The predicted octanol–water partition coefficient (Wildman–Crippen LogP) is 0.853. The lowest BCUT2D eigenvalue weighted by Crippen LogP contribution is -1.87. The molecule has 0 bridgehead atoms. The van der Waals surface area contributed by atoms with Crippen molar-refractivity contribution < 1.29 is 5.11 Å². The molecule has 0 aromatic carbocycles. The van der Waals surface area contributed by atoms with Crippen molar-refractivity contribution in [2.24, 2.45) is 0 Å². The van der Waals surface area contributed by atoms with Gasteiger partial charge in [-0.05, 0) is 12.8 Å². The van der Waals surface area contributed by atoms with Gasteiger partial charge in [0.2, 0.25) is 0 Å². The molecule has 3 nitrogen and oxygen atoms in total. The van der Waals surface area contributed by atoms with Crippen LogP contribution in [0.15, 0.2) is 5.51 Å². The van der Waals surface area contributed by atoms with Crippen LogP contribution in [0.4, 0.5) is 0 Å². The Morgan fingerprint density at radius 3 is 3.00 bits per heavy atom. The lowest BCUT2D eigenvalue weighted by atomic mass is 10.2.